The van der Waals surface area contributed by atoms with Crippen molar-refractivity contribution < 1.29 is 28.3 Å². The number of amides is 1. The second kappa shape index (κ2) is 7.69. The first-order chi connectivity index (χ1) is 11.8. The normalized spacial score (nSPS) is 11.6. The Labute approximate surface area is 145 Å². The Morgan fingerprint density at radius 3 is 2.20 bits per heavy atom. The van der Waals surface area contributed by atoms with E-state index in [4.69, 9.17) is 18.7 Å². The highest BCUT2D eigenvalue weighted by atomic mass is 16.5. The first kappa shape index (κ1) is 18.3. The number of anilines is 1. The number of hydrogen-bond donors (Lipinski definition) is 1. The van der Waals surface area contributed by atoms with Crippen LogP contribution in [0, 0.1) is 13.8 Å². The average molecular weight is 348 g/mol. The number of methoxy groups -OCH3 is 2. The minimum absolute atomic E-state index is 0.219. The maximum atomic E-state index is 12.3. The molecule has 1 heterocycles. The Hall–Kier alpha value is -3.03. The summed E-state index contributed by atoms with van der Waals surface area (Å²) >= 11 is 0. The third-order valence-corrected chi connectivity index (χ3v) is 3.52. The minimum atomic E-state index is -1.03. The second-order valence-corrected chi connectivity index (χ2v) is 5.37. The largest absolute Gasteiger partial charge is 0.496 e. The number of hydrogen-bond acceptors (Lipinski definition) is 7. The molecule has 1 amide bonds. The molecule has 0 aliphatic carbocycles. The van der Waals surface area contributed by atoms with Crippen LogP contribution in [0.3, 0.4) is 0 Å². The van der Waals surface area contributed by atoms with Crippen LogP contribution in [0.2, 0.25) is 0 Å². The van der Waals surface area contributed by atoms with Crippen LogP contribution in [0.1, 0.15) is 28.6 Å². The molecule has 0 saturated heterocycles. The van der Waals surface area contributed by atoms with Gasteiger partial charge in [-0.3, -0.25) is 4.79 Å². The van der Waals surface area contributed by atoms with Gasteiger partial charge in [0, 0.05) is 11.6 Å². The number of esters is 1. The molecular formula is C17H20N2O6. The molecule has 1 N–H and O–H groups in total. The van der Waals surface area contributed by atoms with Gasteiger partial charge in [-0.05, 0) is 32.9 Å². The number of nitrogens with one attached hydrogen (secondary N) is 1. The molecule has 0 radical (unpaired) electrons. The molecule has 0 fully saturated rings. The van der Waals surface area contributed by atoms with Crippen molar-refractivity contribution >= 4 is 17.7 Å². The van der Waals surface area contributed by atoms with Crippen molar-refractivity contribution in [1.29, 1.82) is 0 Å². The SMILES string of the molecule is COc1cc(C(=O)OC(C)C(=O)Nc2cc(C)on2)cc(OC)c1C. The van der Waals surface area contributed by atoms with Gasteiger partial charge in [-0.25, -0.2) is 4.79 Å². The van der Waals surface area contributed by atoms with Crippen LogP contribution in [0.15, 0.2) is 22.7 Å². The molecule has 8 nitrogen and oxygen atoms in total. The predicted octanol–water partition coefficient (Wildman–Crippen LogP) is 2.49. The fraction of sp³-hybridized carbons (Fsp3) is 0.353. The summed E-state index contributed by atoms with van der Waals surface area (Å²) in [6.07, 6.45) is -1.03. The van der Waals surface area contributed by atoms with Crippen molar-refractivity contribution in [3.63, 3.8) is 0 Å². The number of carbonyl (C=O) groups is 2. The van der Waals surface area contributed by atoms with Crippen LogP contribution in [0.25, 0.3) is 0 Å². The highest BCUT2D eigenvalue weighted by Crippen LogP contribution is 2.29. The Morgan fingerprint density at radius 1 is 1.12 bits per heavy atom. The zero-order valence-corrected chi connectivity index (χ0v) is 14.7. The summed E-state index contributed by atoms with van der Waals surface area (Å²) < 4.78 is 20.5. The standard InChI is InChI=1S/C17H20N2O6/c1-9-6-15(19-25-9)18-16(20)11(3)24-17(21)12-7-13(22-4)10(2)14(8-12)23-5/h6-8,11H,1-5H3,(H,18,19,20). The fourth-order valence-corrected chi connectivity index (χ4v) is 2.14. The van der Waals surface area contributed by atoms with Gasteiger partial charge >= 0.3 is 5.97 Å². The topological polar surface area (TPSA) is 99.9 Å². The maximum absolute atomic E-state index is 12.3. The first-order valence-corrected chi connectivity index (χ1v) is 7.53. The smallest absolute Gasteiger partial charge is 0.339 e. The lowest BCUT2D eigenvalue weighted by Crippen LogP contribution is -2.30. The molecule has 25 heavy (non-hydrogen) atoms. The second-order valence-electron chi connectivity index (χ2n) is 5.37. The van der Waals surface area contributed by atoms with Crippen LogP contribution in [0.5, 0.6) is 11.5 Å². The third kappa shape index (κ3) is 4.28. The van der Waals surface area contributed by atoms with Crippen molar-refractivity contribution in [2.75, 3.05) is 19.5 Å². The molecule has 134 valence electrons. The Balaban J connectivity index is 2.09. The average Bonchev–Trinajstić information content (AvgIpc) is 2.99. The lowest BCUT2D eigenvalue weighted by atomic mass is 10.1. The van der Waals surface area contributed by atoms with Crippen LogP contribution < -0.4 is 14.8 Å². The van der Waals surface area contributed by atoms with Crippen LogP contribution in [0.4, 0.5) is 5.82 Å². The molecule has 2 aromatic rings. The predicted molar refractivity (Wildman–Crippen MR) is 89.0 cm³/mol. The van der Waals surface area contributed by atoms with Gasteiger partial charge in [0.05, 0.1) is 19.8 Å². The lowest BCUT2D eigenvalue weighted by molar-refractivity contribution is -0.123. The van der Waals surface area contributed by atoms with E-state index in [1.165, 1.54) is 33.3 Å². The van der Waals surface area contributed by atoms with E-state index in [0.29, 0.717) is 17.3 Å². The van der Waals surface area contributed by atoms with Crippen LogP contribution in [-0.4, -0.2) is 37.4 Å². The zero-order valence-electron chi connectivity index (χ0n) is 14.7. The number of aryl methyl sites for hydroxylation is 1. The van der Waals surface area contributed by atoms with Crippen molar-refractivity contribution in [3.05, 3.63) is 35.1 Å². The van der Waals surface area contributed by atoms with Crippen molar-refractivity contribution in [2.45, 2.75) is 26.9 Å². The summed E-state index contributed by atoms with van der Waals surface area (Å²) in [5.41, 5.74) is 0.977. The molecule has 0 aliphatic rings. The molecule has 1 atom stereocenters. The van der Waals surface area contributed by atoms with Crippen LogP contribution >= 0.6 is 0 Å². The highest BCUT2D eigenvalue weighted by molar-refractivity contribution is 5.97. The number of rotatable bonds is 6. The molecule has 0 spiro atoms. The summed E-state index contributed by atoms with van der Waals surface area (Å²) in [4.78, 5) is 24.4. The molecule has 1 unspecified atom stereocenters. The van der Waals surface area contributed by atoms with E-state index >= 15 is 0 Å². The summed E-state index contributed by atoms with van der Waals surface area (Å²) in [5, 5.41) is 6.15. The van der Waals surface area contributed by atoms with E-state index < -0.39 is 18.0 Å². The Bertz CT molecular complexity index is 758. The highest BCUT2D eigenvalue weighted by Gasteiger charge is 2.22. The number of nitrogens with zero attached hydrogens (tertiary/aromatic N) is 1. The van der Waals surface area contributed by atoms with Gasteiger partial charge in [0.25, 0.3) is 5.91 Å². The van der Waals surface area contributed by atoms with E-state index in [0.717, 1.165) is 5.56 Å². The van der Waals surface area contributed by atoms with Crippen molar-refractivity contribution in [1.82, 2.24) is 5.16 Å². The van der Waals surface area contributed by atoms with Crippen molar-refractivity contribution in [3.8, 4) is 11.5 Å². The van der Waals surface area contributed by atoms with E-state index in [2.05, 4.69) is 10.5 Å². The van der Waals surface area contributed by atoms with E-state index in [1.807, 2.05) is 6.92 Å². The van der Waals surface area contributed by atoms with Gasteiger partial charge in [0.1, 0.15) is 17.3 Å². The summed E-state index contributed by atoms with van der Waals surface area (Å²) in [5.74, 6) is 0.592. The molecule has 2 rings (SSSR count). The van der Waals surface area contributed by atoms with Crippen molar-refractivity contribution in [2.24, 2.45) is 0 Å². The van der Waals surface area contributed by atoms with Gasteiger partial charge in [-0.2, -0.15) is 0 Å². The Kier molecular flexibility index (Phi) is 5.63. The Morgan fingerprint density at radius 2 is 1.72 bits per heavy atom. The zero-order chi connectivity index (χ0) is 18.6. The minimum Gasteiger partial charge on any atom is -0.496 e. The van der Waals surface area contributed by atoms with E-state index in [1.54, 1.807) is 13.0 Å². The monoisotopic (exact) mass is 348 g/mol. The summed E-state index contributed by atoms with van der Waals surface area (Å²) in [7, 11) is 2.99. The number of benzene rings is 1. The first-order valence-electron chi connectivity index (χ1n) is 7.53. The molecule has 0 aliphatic heterocycles. The number of carbonyl (C=O) groups excluding carboxylic acids is 2. The molecule has 8 heteroatoms. The van der Waals surface area contributed by atoms with Gasteiger partial charge in [-0.1, -0.05) is 5.16 Å². The fourth-order valence-electron chi connectivity index (χ4n) is 2.14. The summed E-state index contributed by atoms with van der Waals surface area (Å²) in [6, 6.07) is 4.62. The van der Waals surface area contributed by atoms with Crippen LogP contribution in [-0.2, 0) is 9.53 Å². The number of aromatic nitrogens is 1. The molecule has 0 saturated carbocycles. The van der Waals surface area contributed by atoms with Gasteiger partial charge in [0.2, 0.25) is 0 Å². The third-order valence-electron chi connectivity index (χ3n) is 3.52. The molecule has 1 aromatic heterocycles. The van der Waals surface area contributed by atoms with Gasteiger partial charge in [-0.15, -0.1) is 0 Å². The van der Waals surface area contributed by atoms with Gasteiger partial charge < -0.3 is 24.1 Å². The van der Waals surface area contributed by atoms with E-state index in [-0.39, 0.29) is 11.4 Å². The molecule has 1 aromatic carbocycles. The molecule has 0 bridgehead atoms. The quantitative estimate of drug-likeness (QED) is 0.801. The summed E-state index contributed by atoms with van der Waals surface area (Å²) in [6.45, 7) is 4.97. The van der Waals surface area contributed by atoms with Gasteiger partial charge in [0.15, 0.2) is 11.9 Å². The number of ether oxygens (including phenoxy) is 3. The van der Waals surface area contributed by atoms with E-state index in [9.17, 15) is 9.59 Å². The lowest BCUT2D eigenvalue weighted by Gasteiger charge is -2.15. The maximum Gasteiger partial charge on any atom is 0.339 e. The molecular weight excluding hydrogens is 328 g/mol.